The lowest BCUT2D eigenvalue weighted by Crippen LogP contribution is -2.22. The maximum Gasteiger partial charge on any atom is 0.426 e. The third-order valence-corrected chi connectivity index (χ3v) is 5.68. The number of amides is 1. The largest absolute Gasteiger partial charge is 0.426 e. The van der Waals surface area contributed by atoms with Crippen molar-refractivity contribution in [2.45, 2.75) is 6.11 Å². The Morgan fingerprint density at radius 2 is 1.81 bits per heavy atom. The summed E-state index contributed by atoms with van der Waals surface area (Å²) in [5.74, 6) is -0.864. The zero-order chi connectivity index (χ0) is 25.9. The van der Waals surface area contributed by atoms with Crippen molar-refractivity contribution >= 4 is 43.2 Å². The van der Waals surface area contributed by atoms with Crippen LogP contribution in [0.25, 0.3) is 5.82 Å². The molecule has 0 aliphatic heterocycles. The Hall–Kier alpha value is -3.84. The Morgan fingerprint density at radius 1 is 1.08 bits per heavy atom. The number of nitrogens with one attached hydrogen (secondary N) is 2. The number of hydrogen-bond donors (Lipinski definition) is 2. The Bertz CT molecular complexity index is 1510. The number of carbonyl (C=O) groups is 1. The topological polar surface area (TPSA) is 115 Å². The molecule has 0 radical (unpaired) electrons. The highest BCUT2D eigenvalue weighted by atomic mass is 79.9. The van der Waals surface area contributed by atoms with Crippen molar-refractivity contribution in [1.29, 1.82) is 0 Å². The molecule has 2 N–H and O–H groups in total. The van der Waals surface area contributed by atoms with Crippen LogP contribution >= 0.6 is 15.9 Å². The Balaban J connectivity index is 1.55. The first-order chi connectivity index (χ1) is 17.0. The van der Waals surface area contributed by atoms with E-state index in [2.05, 4.69) is 36.1 Å². The molecular formula is C23H18BrF2N5O4S. The van der Waals surface area contributed by atoms with Gasteiger partial charge in [-0.05, 0) is 42.5 Å². The minimum atomic E-state index is -3.63. The maximum atomic E-state index is 14.7. The zero-order valence-electron chi connectivity index (χ0n) is 18.5. The van der Waals surface area contributed by atoms with E-state index < -0.39 is 22.0 Å². The second-order valence-corrected chi connectivity index (χ2v) is 10.2. The number of rotatable bonds is 8. The molecular weight excluding hydrogens is 560 g/mol. The second kappa shape index (κ2) is 10.0. The van der Waals surface area contributed by atoms with E-state index in [1.807, 2.05) is 0 Å². The van der Waals surface area contributed by atoms with Crippen LogP contribution < -0.4 is 14.8 Å². The monoisotopic (exact) mass is 577 g/mol. The van der Waals surface area contributed by atoms with Gasteiger partial charge in [0.15, 0.2) is 11.6 Å². The molecule has 13 heteroatoms. The van der Waals surface area contributed by atoms with Gasteiger partial charge < -0.3 is 10.1 Å². The molecule has 36 heavy (non-hydrogen) atoms. The molecule has 2 heterocycles. The van der Waals surface area contributed by atoms with Gasteiger partial charge in [-0.25, -0.2) is 18.1 Å². The van der Waals surface area contributed by atoms with Gasteiger partial charge in [-0.3, -0.25) is 9.52 Å². The van der Waals surface area contributed by atoms with E-state index in [9.17, 15) is 22.0 Å². The van der Waals surface area contributed by atoms with E-state index in [1.54, 1.807) is 12.1 Å². The van der Waals surface area contributed by atoms with Gasteiger partial charge in [-0.2, -0.15) is 13.9 Å². The van der Waals surface area contributed by atoms with Gasteiger partial charge in [0.2, 0.25) is 10.0 Å². The van der Waals surface area contributed by atoms with Crippen molar-refractivity contribution in [1.82, 2.24) is 14.8 Å². The molecule has 2 aromatic carbocycles. The van der Waals surface area contributed by atoms with Crippen LogP contribution in [0.2, 0.25) is 0 Å². The molecule has 0 unspecified atom stereocenters. The highest BCUT2D eigenvalue weighted by Crippen LogP contribution is 2.33. The summed E-state index contributed by atoms with van der Waals surface area (Å²) in [7, 11) is -3.52. The molecule has 1 amide bonds. The van der Waals surface area contributed by atoms with Gasteiger partial charge in [-0.15, -0.1) is 0 Å². The minimum Gasteiger partial charge on any atom is -0.425 e. The van der Waals surface area contributed by atoms with E-state index in [0.29, 0.717) is 10.2 Å². The lowest BCUT2D eigenvalue weighted by atomic mass is 10.2. The number of ether oxygens (including phenoxy) is 1. The predicted octanol–water partition coefficient (Wildman–Crippen LogP) is 4.78. The van der Waals surface area contributed by atoms with Crippen LogP contribution in [0.15, 0.2) is 83.7 Å². The highest BCUT2D eigenvalue weighted by Gasteiger charge is 2.35. The molecule has 186 valence electrons. The number of hydrogen-bond acceptors (Lipinski definition) is 6. The van der Waals surface area contributed by atoms with Crippen LogP contribution in [0.5, 0.6) is 5.75 Å². The highest BCUT2D eigenvalue weighted by molar-refractivity contribution is 9.10. The Morgan fingerprint density at radius 3 is 2.53 bits per heavy atom. The Kier molecular flexibility index (Phi) is 7.04. The van der Waals surface area contributed by atoms with Crippen molar-refractivity contribution in [2.24, 2.45) is 0 Å². The average molecular weight is 578 g/mol. The smallest absolute Gasteiger partial charge is 0.425 e. The quantitative estimate of drug-likeness (QED) is 0.311. The summed E-state index contributed by atoms with van der Waals surface area (Å²) in [5, 5.41) is 6.70. The number of anilines is 2. The second-order valence-electron chi connectivity index (χ2n) is 7.54. The van der Waals surface area contributed by atoms with Gasteiger partial charge in [0.25, 0.3) is 5.91 Å². The van der Waals surface area contributed by atoms with Gasteiger partial charge >= 0.3 is 6.11 Å². The summed E-state index contributed by atoms with van der Waals surface area (Å²) in [6.07, 6.45) is 1.29. The number of sulfonamides is 1. The van der Waals surface area contributed by atoms with E-state index in [4.69, 9.17) is 4.74 Å². The first-order valence-electron chi connectivity index (χ1n) is 10.2. The number of pyridine rings is 1. The number of aromatic nitrogens is 3. The van der Waals surface area contributed by atoms with Gasteiger partial charge in [0.05, 0.1) is 29.3 Å². The molecule has 2 aromatic heterocycles. The van der Waals surface area contributed by atoms with Crippen molar-refractivity contribution in [3.63, 3.8) is 0 Å². The standard InChI is InChI=1S/C23H18BrF2N5O4S/c1-36(33,34)30-19-11-17(24)10-18(12-19)29-22(32)15-13-28-31(14-15)21-20(8-5-9-27-21)35-23(25,26)16-6-3-2-4-7-16/h2-14,30H,1H3,(H,29,32). The van der Waals surface area contributed by atoms with Crippen LogP contribution in [-0.4, -0.2) is 35.3 Å². The summed E-state index contributed by atoms with van der Waals surface area (Å²) in [6, 6.07) is 14.3. The van der Waals surface area contributed by atoms with Crippen LogP contribution in [-0.2, 0) is 16.1 Å². The molecule has 4 aromatic rings. The summed E-state index contributed by atoms with van der Waals surface area (Å²) in [6.45, 7) is 0. The lowest BCUT2D eigenvalue weighted by molar-refractivity contribution is -0.185. The van der Waals surface area contributed by atoms with Gasteiger partial charge in [0.1, 0.15) is 0 Å². The number of carbonyl (C=O) groups excluding carboxylic acids is 1. The van der Waals surface area contributed by atoms with E-state index in [0.717, 1.165) is 10.9 Å². The van der Waals surface area contributed by atoms with Crippen LogP contribution in [0.4, 0.5) is 20.2 Å². The normalized spacial score (nSPS) is 11.7. The summed E-state index contributed by atoms with van der Waals surface area (Å²) >= 11 is 3.26. The third-order valence-electron chi connectivity index (χ3n) is 4.62. The summed E-state index contributed by atoms with van der Waals surface area (Å²) in [5.41, 5.74) is 0.309. The van der Waals surface area contributed by atoms with E-state index >= 15 is 0 Å². The number of benzene rings is 2. The van der Waals surface area contributed by atoms with Gasteiger partial charge in [0, 0.05) is 22.6 Å². The molecule has 4 rings (SSSR count). The molecule has 0 aliphatic carbocycles. The lowest BCUT2D eigenvalue weighted by Gasteiger charge is -2.19. The number of nitrogens with zero attached hydrogens (tertiary/aromatic N) is 3. The molecule has 0 atom stereocenters. The number of halogens is 3. The van der Waals surface area contributed by atoms with Crippen LogP contribution in [0, 0.1) is 0 Å². The van der Waals surface area contributed by atoms with Crippen molar-refractivity contribution in [3.8, 4) is 11.6 Å². The average Bonchev–Trinajstić information content (AvgIpc) is 3.28. The SMILES string of the molecule is CS(=O)(=O)Nc1cc(Br)cc(NC(=O)c2cnn(-c3ncccc3OC(F)(F)c3ccccc3)c2)c1. The van der Waals surface area contributed by atoms with Crippen molar-refractivity contribution in [3.05, 3.63) is 94.9 Å². The minimum absolute atomic E-state index is 0.0470. The fraction of sp³-hybridized carbons (Fsp3) is 0.0870. The molecule has 9 nitrogen and oxygen atoms in total. The molecule has 0 bridgehead atoms. The van der Waals surface area contributed by atoms with Crippen LogP contribution in [0.1, 0.15) is 15.9 Å². The molecule has 0 spiro atoms. The third kappa shape index (κ3) is 6.23. The fourth-order valence-corrected chi connectivity index (χ4v) is 4.20. The van der Waals surface area contributed by atoms with Gasteiger partial charge in [-0.1, -0.05) is 34.1 Å². The predicted molar refractivity (Wildman–Crippen MR) is 133 cm³/mol. The van der Waals surface area contributed by atoms with Crippen molar-refractivity contribution < 1.29 is 26.7 Å². The fourth-order valence-electron chi connectivity index (χ4n) is 3.16. The zero-order valence-corrected chi connectivity index (χ0v) is 20.9. The molecule has 0 saturated heterocycles. The van der Waals surface area contributed by atoms with Crippen molar-refractivity contribution in [2.75, 3.05) is 16.3 Å². The first-order valence-corrected chi connectivity index (χ1v) is 12.9. The molecule has 0 aliphatic rings. The molecule has 0 fully saturated rings. The van der Waals surface area contributed by atoms with E-state index in [1.165, 1.54) is 67.1 Å². The first kappa shape index (κ1) is 25.3. The maximum absolute atomic E-state index is 14.7. The Labute approximate surface area is 213 Å². The summed E-state index contributed by atoms with van der Waals surface area (Å²) < 4.78 is 61.4. The molecule has 0 saturated carbocycles. The van der Waals surface area contributed by atoms with Crippen LogP contribution in [0.3, 0.4) is 0 Å². The number of alkyl halides is 2. The van der Waals surface area contributed by atoms with E-state index in [-0.39, 0.29) is 28.4 Å². The summed E-state index contributed by atoms with van der Waals surface area (Å²) in [4.78, 5) is 16.9.